The SMILES string of the molecule is COCC(O)CO.COC[C@H](CC(C)C)C(C)C. The van der Waals surface area contributed by atoms with Crippen LogP contribution in [0, 0.1) is 17.8 Å². The Labute approximate surface area is 112 Å². The van der Waals surface area contributed by atoms with Crippen molar-refractivity contribution in [1.29, 1.82) is 0 Å². The van der Waals surface area contributed by atoms with E-state index in [-0.39, 0.29) is 13.2 Å². The maximum atomic E-state index is 8.48. The molecular formula is C14H32O4. The zero-order chi connectivity index (χ0) is 14.6. The summed E-state index contributed by atoms with van der Waals surface area (Å²) in [5, 5.41) is 16.6. The van der Waals surface area contributed by atoms with Gasteiger partial charge in [-0.2, -0.15) is 0 Å². The number of rotatable bonds is 8. The monoisotopic (exact) mass is 264 g/mol. The lowest BCUT2D eigenvalue weighted by atomic mass is 9.88. The lowest BCUT2D eigenvalue weighted by Crippen LogP contribution is -2.17. The summed E-state index contributed by atoms with van der Waals surface area (Å²) >= 11 is 0. The zero-order valence-electron chi connectivity index (χ0n) is 12.8. The first kappa shape index (κ1) is 20.2. The Morgan fingerprint density at radius 3 is 1.67 bits per heavy atom. The van der Waals surface area contributed by atoms with Gasteiger partial charge in [0.15, 0.2) is 0 Å². The van der Waals surface area contributed by atoms with Crippen molar-refractivity contribution in [3.63, 3.8) is 0 Å². The molecule has 0 aliphatic carbocycles. The summed E-state index contributed by atoms with van der Waals surface area (Å²) in [5.41, 5.74) is 0. The van der Waals surface area contributed by atoms with Gasteiger partial charge < -0.3 is 19.7 Å². The van der Waals surface area contributed by atoms with Gasteiger partial charge in [0.1, 0.15) is 6.10 Å². The first-order chi connectivity index (χ1) is 8.38. The van der Waals surface area contributed by atoms with Crippen LogP contribution in [0.5, 0.6) is 0 Å². The number of hydrogen-bond acceptors (Lipinski definition) is 4. The van der Waals surface area contributed by atoms with Gasteiger partial charge in [-0.05, 0) is 24.2 Å². The van der Waals surface area contributed by atoms with Crippen LogP contribution in [0.3, 0.4) is 0 Å². The molecule has 0 aromatic heterocycles. The molecule has 4 nitrogen and oxygen atoms in total. The van der Waals surface area contributed by atoms with Crippen LogP contribution in [-0.4, -0.2) is 50.4 Å². The van der Waals surface area contributed by atoms with Gasteiger partial charge in [-0.1, -0.05) is 27.7 Å². The average molecular weight is 264 g/mol. The summed E-state index contributed by atoms with van der Waals surface area (Å²) in [5.74, 6) is 2.27. The molecule has 1 unspecified atom stereocenters. The third-order valence-corrected chi connectivity index (χ3v) is 2.67. The van der Waals surface area contributed by atoms with Crippen molar-refractivity contribution >= 4 is 0 Å². The molecule has 0 bridgehead atoms. The third-order valence-electron chi connectivity index (χ3n) is 2.67. The minimum Gasteiger partial charge on any atom is -0.394 e. The van der Waals surface area contributed by atoms with E-state index in [2.05, 4.69) is 32.4 Å². The molecule has 0 saturated carbocycles. The van der Waals surface area contributed by atoms with E-state index in [0.717, 1.165) is 24.4 Å². The van der Waals surface area contributed by atoms with E-state index in [4.69, 9.17) is 14.9 Å². The number of hydrogen-bond donors (Lipinski definition) is 2. The predicted molar refractivity (Wildman–Crippen MR) is 74.6 cm³/mol. The third kappa shape index (κ3) is 13.9. The molecule has 0 saturated heterocycles. The molecule has 2 N–H and O–H groups in total. The van der Waals surface area contributed by atoms with Crippen molar-refractivity contribution in [2.45, 2.75) is 40.2 Å². The van der Waals surface area contributed by atoms with Gasteiger partial charge in [-0.15, -0.1) is 0 Å². The molecule has 2 atom stereocenters. The first-order valence-corrected chi connectivity index (χ1v) is 6.65. The van der Waals surface area contributed by atoms with Gasteiger partial charge in [-0.25, -0.2) is 0 Å². The van der Waals surface area contributed by atoms with E-state index in [9.17, 15) is 0 Å². The average Bonchev–Trinajstić information content (AvgIpc) is 2.29. The van der Waals surface area contributed by atoms with Crippen LogP contribution in [0.4, 0.5) is 0 Å². The summed E-state index contributed by atoms with van der Waals surface area (Å²) in [6.45, 7) is 9.97. The van der Waals surface area contributed by atoms with E-state index in [1.165, 1.54) is 13.5 Å². The zero-order valence-corrected chi connectivity index (χ0v) is 12.8. The Balaban J connectivity index is 0. The maximum Gasteiger partial charge on any atom is 0.100 e. The number of methoxy groups -OCH3 is 2. The van der Waals surface area contributed by atoms with Crippen LogP contribution >= 0.6 is 0 Å². The van der Waals surface area contributed by atoms with Crippen molar-refractivity contribution in [3.05, 3.63) is 0 Å². The van der Waals surface area contributed by atoms with Crippen molar-refractivity contribution < 1.29 is 19.7 Å². The molecule has 0 rings (SSSR count). The minimum absolute atomic E-state index is 0.205. The van der Waals surface area contributed by atoms with Crippen molar-refractivity contribution in [3.8, 4) is 0 Å². The second-order valence-corrected chi connectivity index (χ2v) is 5.38. The Kier molecular flexibility index (Phi) is 14.9. The number of aliphatic hydroxyl groups excluding tert-OH is 2. The first-order valence-electron chi connectivity index (χ1n) is 6.65. The van der Waals surface area contributed by atoms with Crippen LogP contribution in [0.2, 0.25) is 0 Å². The van der Waals surface area contributed by atoms with Crippen molar-refractivity contribution in [2.75, 3.05) is 34.0 Å². The van der Waals surface area contributed by atoms with Gasteiger partial charge in [0, 0.05) is 20.8 Å². The highest BCUT2D eigenvalue weighted by atomic mass is 16.5. The fourth-order valence-corrected chi connectivity index (χ4v) is 1.60. The molecule has 0 aromatic rings. The smallest absolute Gasteiger partial charge is 0.100 e. The molecule has 0 spiro atoms. The van der Waals surface area contributed by atoms with E-state index >= 15 is 0 Å². The van der Waals surface area contributed by atoms with E-state index in [1.807, 2.05) is 0 Å². The molecule has 18 heavy (non-hydrogen) atoms. The molecular weight excluding hydrogens is 232 g/mol. The Hall–Kier alpha value is -0.160. The molecule has 0 aliphatic rings. The molecule has 4 heteroatoms. The highest BCUT2D eigenvalue weighted by Gasteiger charge is 2.14. The van der Waals surface area contributed by atoms with Crippen molar-refractivity contribution in [1.82, 2.24) is 0 Å². The molecule has 0 aliphatic heterocycles. The Morgan fingerprint density at radius 1 is 0.944 bits per heavy atom. The largest absolute Gasteiger partial charge is 0.394 e. The lowest BCUT2D eigenvalue weighted by Gasteiger charge is -2.21. The van der Waals surface area contributed by atoms with Gasteiger partial charge >= 0.3 is 0 Å². The van der Waals surface area contributed by atoms with Gasteiger partial charge in [0.25, 0.3) is 0 Å². The van der Waals surface area contributed by atoms with Crippen LogP contribution in [-0.2, 0) is 9.47 Å². The Morgan fingerprint density at radius 2 is 1.44 bits per heavy atom. The topological polar surface area (TPSA) is 58.9 Å². The summed E-state index contributed by atoms with van der Waals surface area (Å²) < 4.78 is 9.65. The van der Waals surface area contributed by atoms with Crippen LogP contribution in [0.25, 0.3) is 0 Å². The summed E-state index contributed by atoms with van der Waals surface area (Å²) in [4.78, 5) is 0. The standard InChI is InChI=1S/C10H22O.C4H10O3/c1-8(2)6-10(7-11-5)9(3)4;1-7-3-4(6)2-5/h8-10H,6-7H2,1-5H3;4-6H,2-3H2,1H3/t10-;/m0./s1. The van der Waals surface area contributed by atoms with Crippen molar-refractivity contribution in [2.24, 2.45) is 17.8 Å². The predicted octanol–water partition coefficient (Wildman–Crippen LogP) is 1.94. The van der Waals surface area contributed by atoms with Gasteiger partial charge in [0.05, 0.1) is 13.2 Å². The fourth-order valence-electron chi connectivity index (χ4n) is 1.60. The number of ether oxygens (including phenoxy) is 2. The fraction of sp³-hybridized carbons (Fsp3) is 1.00. The minimum atomic E-state index is -0.718. The summed E-state index contributed by atoms with van der Waals surface area (Å²) in [6, 6.07) is 0. The van der Waals surface area contributed by atoms with Crippen LogP contribution in [0.15, 0.2) is 0 Å². The van der Waals surface area contributed by atoms with E-state index < -0.39 is 6.10 Å². The van der Waals surface area contributed by atoms with Gasteiger partial charge in [-0.3, -0.25) is 0 Å². The molecule has 0 heterocycles. The summed E-state index contributed by atoms with van der Waals surface area (Å²) in [6.07, 6.45) is 0.566. The summed E-state index contributed by atoms with van der Waals surface area (Å²) in [7, 11) is 3.26. The molecule has 0 amide bonds. The highest BCUT2D eigenvalue weighted by molar-refractivity contribution is 4.63. The Bertz CT molecular complexity index is 160. The highest BCUT2D eigenvalue weighted by Crippen LogP contribution is 2.19. The van der Waals surface area contributed by atoms with E-state index in [0.29, 0.717) is 0 Å². The normalized spacial score (nSPS) is 14.3. The van der Waals surface area contributed by atoms with E-state index in [1.54, 1.807) is 7.11 Å². The molecule has 0 aromatic carbocycles. The molecule has 112 valence electrons. The lowest BCUT2D eigenvalue weighted by molar-refractivity contribution is 0.0254. The second-order valence-electron chi connectivity index (χ2n) is 5.38. The second kappa shape index (κ2) is 13.3. The quantitative estimate of drug-likeness (QED) is 0.703. The maximum absolute atomic E-state index is 8.48. The van der Waals surface area contributed by atoms with Crippen LogP contribution in [0.1, 0.15) is 34.1 Å². The molecule has 0 radical (unpaired) electrons. The van der Waals surface area contributed by atoms with Gasteiger partial charge in [0.2, 0.25) is 0 Å². The molecule has 0 fully saturated rings. The van der Waals surface area contributed by atoms with Crippen LogP contribution < -0.4 is 0 Å². The number of aliphatic hydroxyl groups is 2.